The lowest BCUT2D eigenvalue weighted by atomic mass is 9.63. The summed E-state index contributed by atoms with van der Waals surface area (Å²) in [6.45, 7) is 2.77. The fourth-order valence-electron chi connectivity index (χ4n) is 4.84. The van der Waals surface area contributed by atoms with E-state index < -0.39 is 7.12 Å². The molecule has 0 aromatic heterocycles. The Balaban J connectivity index is 1.59. The van der Waals surface area contributed by atoms with Gasteiger partial charge in [-0.2, -0.15) is 0 Å². The first kappa shape index (κ1) is 21.0. The van der Waals surface area contributed by atoms with Crippen molar-refractivity contribution in [1.29, 1.82) is 0 Å². The highest BCUT2D eigenvalue weighted by atomic mass is 16.5. The monoisotopic (exact) mass is 386 g/mol. The molecule has 2 aliphatic rings. The number of carbonyl (C=O) groups excluding carboxylic acids is 2. The Bertz CT molecular complexity index is 726. The zero-order chi connectivity index (χ0) is 20.3. The van der Waals surface area contributed by atoms with Crippen molar-refractivity contribution in [3.05, 3.63) is 29.3 Å². The molecule has 1 aliphatic heterocycles. The Morgan fingerprint density at radius 1 is 1.18 bits per heavy atom. The summed E-state index contributed by atoms with van der Waals surface area (Å²) >= 11 is 0. The quantitative estimate of drug-likeness (QED) is 0.488. The van der Waals surface area contributed by atoms with E-state index in [1.165, 1.54) is 6.92 Å². The zero-order valence-corrected chi connectivity index (χ0v) is 16.6. The highest BCUT2D eigenvalue weighted by molar-refractivity contribution is 6.47. The molecule has 152 valence electrons. The van der Waals surface area contributed by atoms with E-state index in [1.807, 2.05) is 12.1 Å². The smallest absolute Gasteiger partial charge is 0.526 e. The summed E-state index contributed by atoms with van der Waals surface area (Å²) < 4.78 is 5.64. The number of fused-ring (bicyclic) bond motifs is 1. The first-order valence-electron chi connectivity index (χ1n) is 10.3. The van der Waals surface area contributed by atoms with Crippen LogP contribution in [-0.4, -0.2) is 36.8 Å². The van der Waals surface area contributed by atoms with Crippen molar-refractivity contribution < 1.29 is 19.3 Å². The molecule has 1 aliphatic carbocycles. The minimum Gasteiger partial charge on any atom is -0.535 e. The molecule has 6 nitrogen and oxygen atoms in total. The number of nitrogens with two attached hydrogens (primary N) is 2. The van der Waals surface area contributed by atoms with Crippen molar-refractivity contribution in [2.45, 2.75) is 51.3 Å². The van der Waals surface area contributed by atoms with Crippen LogP contribution >= 0.6 is 0 Å². The second kappa shape index (κ2) is 9.20. The van der Waals surface area contributed by atoms with Gasteiger partial charge in [0.05, 0.1) is 5.56 Å². The lowest BCUT2D eigenvalue weighted by Gasteiger charge is -2.35. The zero-order valence-electron chi connectivity index (χ0n) is 16.6. The molecular formula is C21H31BN2O4. The minimum absolute atomic E-state index is 0.0962. The van der Waals surface area contributed by atoms with Gasteiger partial charge in [-0.25, -0.2) is 0 Å². The lowest BCUT2D eigenvalue weighted by Crippen LogP contribution is -2.37. The third-order valence-electron chi connectivity index (χ3n) is 6.46. The number of para-hydroxylation sites is 1. The standard InChI is InChI=1S/C21H31BN2O4/c1-13(25)20-4-2-3-15-9-18(22(27)28-21(15)20)10-19(26)8-14-5-6-16(11-23)17(7-14)12-24/h2-4,14,16-18,27H,5-12,23-24H2,1H3/t14-,16+,17+,18-/m1/s1. The number of carbonyl (C=O) groups is 2. The molecule has 1 aromatic rings. The van der Waals surface area contributed by atoms with E-state index in [1.54, 1.807) is 6.07 Å². The molecule has 28 heavy (non-hydrogen) atoms. The van der Waals surface area contributed by atoms with Gasteiger partial charge in [0, 0.05) is 18.7 Å². The second-order valence-electron chi connectivity index (χ2n) is 8.44. The van der Waals surface area contributed by atoms with Gasteiger partial charge in [-0.15, -0.1) is 0 Å². The second-order valence-corrected chi connectivity index (χ2v) is 8.44. The Morgan fingerprint density at radius 2 is 1.93 bits per heavy atom. The number of ketones is 2. The fraction of sp³-hybridized carbons (Fsp3) is 0.619. The lowest BCUT2D eigenvalue weighted by molar-refractivity contribution is -0.120. The highest BCUT2D eigenvalue weighted by Crippen LogP contribution is 2.38. The van der Waals surface area contributed by atoms with E-state index in [-0.39, 0.29) is 23.8 Å². The maximum Gasteiger partial charge on any atom is 0.526 e. The molecule has 3 rings (SSSR count). The minimum atomic E-state index is -1.07. The normalized spacial score (nSPS) is 27.1. The van der Waals surface area contributed by atoms with Crippen LogP contribution in [0.25, 0.3) is 0 Å². The van der Waals surface area contributed by atoms with E-state index in [4.69, 9.17) is 16.1 Å². The van der Waals surface area contributed by atoms with Crippen LogP contribution in [0.15, 0.2) is 18.2 Å². The van der Waals surface area contributed by atoms with Crippen molar-refractivity contribution in [2.75, 3.05) is 13.1 Å². The third-order valence-corrected chi connectivity index (χ3v) is 6.46. The topological polar surface area (TPSA) is 116 Å². The summed E-state index contributed by atoms with van der Waals surface area (Å²) in [5.41, 5.74) is 13.1. The van der Waals surface area contributed by atoms with Gasteiger partial charge in [0.15, 0.2) is 5.78 Å². The highest BCUT2D eigenvalue weighted by Gasteiger charge is 2.38. The fourth-order valence-corrected chi connectivity index (χ4v) is 4.84. The molecule has 7 heteroatoms. The van der Waals surface area contributed by atoms with Gasteiger partial charge in [-0.3, -0.25) is 9.59 Å². The van der Waals surface area contributed by atoms with Crippen LogP contribution in [0, 0.1) is 17.8 Å². The predicted molar refractivity (Wildman–Crippen MR) is 109 cm³/mol. The van der Waals surface area contributed by atoms with E-state index in [0.717, 1.165) is 24.8 Å². The van der Waals surface area contributed by atoms with Crippen LogP contribution in [0.4, 0.5) is 0 Å². The molecule has 4 atom stereocenters. The van der Waals surface area contributed by atoms with Crippen molar-refractivity contribution >= 4 is 18.7 Å². The molecule has 0 unspecified atom stereocenters. The van der Waals surface area contributed by atoms with Crippen molar-refractivity contribution in [3.63, 3.8) is 0 Å². The summed E-state index contributed by atoms with van der Waals surface area (Å²) in [4.78, 5) is 24.4. The van der Waals surface area contributed by atoms with E-state index in [0.29, 0.717) is 55.0 Å². The Hall–Kier alpha value is -1.70. The van der Waals surface area contributed by atoms with E-state index in [9.17, 15) is 14.6 Å². The van der Waals surface area contributed by atoms with E-state index in [2.05, 4.69) is 0 Å². The van der Waals surface area contributed by atoms with Gasteiger partial charge in [-0.05, 0) is 75.1 Å². The maximum atomic E-state index is 12.7. The van der Waals surface area contributed by atoms with Crippen molar-refractivity contribution in [1.82, 2.24) is 0 Å². The van der Waals surface area contributed by atoms with Crippen LogP contribution < -0.4 is 16.1 Å². The molecular weight excluding hydrogens is 355 g/mol. The average Bonchev–Trinajstić information content (AvgIpc) is 2.67. The molecule has 1 heterocycles. The average molecular weight is 386 g/mol. The molecule has 0 saturated heterocycles. The van der Waals surface area contributed by atoms with Crippen molar-refractivity contribution in [3.8, 4) is 5.75 Å². The number of rotatable bonds is 7. The third kappa shape index (κ3) is 4.65. The first-order chi connectivity index (χ1) is 13.4. The van der Waals surface area contributed by atoms with Crippen LogP contribution in [0.3, 0.4) is 0 Å². The number of benzene rings is 1. The summed E-state index contributed by atoms with van der Waals surface area (Å²) in [5, 5.41) is 10.4. The van der Waals surface area contributed by atoms with Crippen molar-refractivity contribution in [2.24, 2.45) is 29.2 Å². The molecule has 0 spiro atoms. The Labute approximate surface area is 167 Å². The van der Waals surface area contributed by atoms with Crippen LogP contribution in [0.1, 0.15) is 54.9 Å². The maximum absolute atomic E-state index is 12.7. The number of Topliss-reactive ketones (excluding diaryl/α,β-unsaturated/α-hetero) is 2. The van der Waals surface area contributed by atoms with Crippen LogP contribution in [-0.2, 0) is 11.2 Å². The molecule has 5 N–H and O–H groups in total. The summed E-state index contributed by atoms with van der Waals surface area (Å²) in [6, 6.07) is 5.41. The molecule has 1 fully saturated rings. The van der Waals surface area contributed by atoms with Gasteiger partial charge in [-0.1, -0.05) is 12.1 Å². The Kier molecular flexibility index (Phi) is 6.91. The molecule has 0 bridgehead atoms. The molecule has 1 aromatic carbocycles. The summed E-state index contributed by atoms with van der Waals surface area (Å²) in [7, 11) is -1.07. The number of hydrogen-bond acceptors (Lipinski definition) is 6. The molecule has 1 saturated carbocycles. The first-order valence-corrected chi connectivity index (χ1v) is 10.3. The van der Waals surface area contributed by atoms with Crippen LogP contribution in [0.2, 0.25) is 5.82 Å². The Morgan fingerprint density at radius 3 is 2.61 bits per heavy atom. The van der Waals surface area contributed by atoms with Gasteiger partial charge in [0.2, 0.25) is 0 Å². The molecule has 0 radical (unpaired) electrons. The van der Waals surface area contributed by atoms with Gasteiger partial charge >= 0.3 is 7.12 Å². The van der Waals surface area contributed by atoms with Gasteiger partial charge < -0.3 is 21.1 Å². The largest absolute Gasteiger partial charge is 0.535 e. The number of hydrogen-bond donors (Lipinski definition) is 3. The van der Waals surface area contributed by atoms with Gasteiger partial charge in [0.1, 0.15) is 11.5 Å². The molecule has 0 amide bonds. The summed E-state index contributed by atoms with van der Waals surface area (Å²) in [5.74, 6) is 1.45. The van der Waals surface area contributed by atoms with Crippen LogP contribution in [0.5, 0.6) is 5.75 Å². The van der Waals surface area contributed by atoms with E-state index >= 15 is 0 Å². The predicted octanol–water partition coefficient (Wildman–Crippen LogP) is 1.97. The SMILES string of the molecule is CC(=O)c1cccc2c1OB(O)[C@@H](CC(=O)C[C@@H]1CC[C@@H](CN)[C@H](CN)C1)C2. The summed E-state index contributed by atoms with van der Waals surface area (Å²) in [6.07, 6.45) is 4.35. The van der Waals surface area contributed by atoms with Gasteiger partial charge in [0.25, 0.3) is 0 Å².